The first-order valence-electron chi connectivity index (χ1n) is 4.94. The lowest BCUT2D eigenvalue weighted by Crippen LogP contribution is -2.14. The Bertz CT molecular complexity index is 295. The molecule has 0 radical (unpaired) electrons. The number of aromatic nitrogens is 2. The van der Waals surface area contributed by atoms with Crippen molar-refractivity contribution in [2.75, 3.05) is 5.43 Å². The predicted molar refractivity (Wildman–Crippen MR) is 58.0 cm³/mol. The Kier molecular flexibility index (Phi) is 3.41. The topological polar surface area (TPSA) is 63.8 Å². The van der Waals surface area contributed by atoms with Crippen LogP contribution in [0.4, 0.5) is 5.82 Å². The fourth-order valence-corrected chi connectivity index (χ4v) is 1.33. The molecule has 14 heavy (non-hydrogen) atoms. The van der Waals surface area contributed by atoms with Crippen molar-refractivity contribution >= 4 is 5.82 Å². The van der Waals surface area contributed by atoms with Crippen LogP contribution in [0.5, 0.6) is 0 Å². The number of nitrogens with one attached hydrogen (secondary N) is 1. The zero-order valence-corrected chi connectivity index (χ0v) is 9.26. The van der Waals surface area contributed by atoms with Gasteiger partial charge in [0.15, 0.2) is 0 Å². The molecular weight excluding hydrogens is 176 g/mol. The number of nitrogen functional groups attached to an aromatic ring is 1. The number of hydrazine groups is 1. The van der Waals surface area contributed by atoms with E-state index in [-0.39, 0.29) is 0 Å². The van der Waals surface area contributed by atoms with E-state index in [1.165, 1.54) is 0 Å². The van der Waals surface area contributed by atoms with Crippen LogP contribution in [0.3, 0.4) is 0 Å². The van der Waals surface area contributed by atoms with Gasteiger partial charge in [0.1, 0.15) is 11.6 Å². The maximum atomic E-state index is 5.40. The molecule has 1 rings (SSSR count). The first-order chi connectivity index (χ1) is 6.60. The summed E-state index contributed by atoms with van der Waals surface area (Å²) in [6.07, 6.45) is 0.906. The number of hydrogen-bond donors (Lipinski definition) is 2. The van der Waals surface area contributed by atoms with Gasteiger partial charge in [0, 0.05) is 17.2 Å². The molecule has 0 saturated carbocycles. The summed E-state index contributed by atoms with van der Waals surface area (Å²) in [5.74, 6) is 7.31. The molecule has 0 aliphatic heterocycles. The Morgan fingerprint density at radius 2 is 2.00 bits per heavy atom. The van der Waals surface area contributed by atoms with Gasteiger partial charge in [0.05, 0.1) is 0 Å². The lowest BCUT2D eigenvalue weighted by Gasteiger charge is -2.12. The number of hydrogen-bond acceptors (Lipinski definition) is 4. The minimum absolute atomic E-state index is 0.327. The lowest BCUT2D eigenvalue weighted by atomic mass is 10.1. The Hall–Kier alpha value is -1.16. The van der Waals surface area contributed by atoms with E-state index in [9.17, 15) is 0 Å². The van der Waals surface area contributed by atoms with Gasteiger partial charge >= 0.3 is 0 Å². The molecule has 3 N–H and O–H groups in total. The van der Waals surface area contributed by atoms with Crippen LogP contribution in [-0.4, -0.2) is 9.97 Å². The first-order valence-corrected chi connectivity index (χ1v) is 4.94. The molecule has 78 valence electrons. The summed E-state index contributed by atoms with van der Waals surface area (Å²) in [4.78, 5) is 8.84. The van der Waals surface area contributed by atoms with Crippen molar-refractivity contribution in [1.82, 2.24) is 9.97 Å². The van der Waals surface area contributed by atoms with E-state index in [0.29, 0.717) is 5.92 Å². The Balaban J connectivity index is 3.25. The van der Waals surface area contributed by atoms with Crippen LogP contribution in [0.2, 0.25) is 0 Å². The molecule has 0 aromatic carbocycles. The summed E-state index contributed by atoms with van der Waals surface area (Å²) in [6, 6.07) is 0. The Labute approximate surface area is 84.9 Å². The zero-order valence-electron chi connectivity index (χ0n) is 9.26. The predicted octanol–water partition coefficient (Wildman–Crippen LogP) is 1.76. The van der Waals surface area contributed by atoms with Gasteiger partial charge in [-0.15, -0.1) is 0 Å². The zero-order chi connectivity index (χ0) is 10.7. The van der Waals surface area contributed by atoms with Crippen molar-refractivity contribution in [2.45, 2.75) is 40.0 Å². The van der Waals surface area contributed by atoms with Gasteiger partial charge in [-0.25, -0.2) is 15.8 Å². The molecule has 0 fully saturated rings. The van der Waals surface area contributed by atoms with Gasteiger partial charge in [0.2, 0.25) is 0 Å². The van der Waals surface area contributed by atoms with Crippen LogP contribution in [-0.2, 0) is 6.42 Å². The molecule has 0 aliphatic rings. The second-order valence-corrected chi connectivity index (χ2v) is 3.65. The van der Waals surface area contributed by atoms with E-state index in [0.717, 1.165) is 29.3 Å². The summed E-state index contributed by atoms with van der Waals surface area (Å²) in [7, 11) is 0. The monoisotopic (exact) mass is 194 g/mol. The highest BCUT2D eigenvalue weighted by molar-refractivity contribution is 5.44. The van der Waals surface area contributed by atoms with Crippen molar-refractivity contribution in [3.63, 3.8) is 0 Å². The quantitative estimate of drug-likeness (QED) is 0.568. The van der Waals surface area contributed by atoms with Crippen LogP contribution in [0, 0.1) is 6.92 Å². The molecule has 0 aliphatic carbocycles. The Morgan fingerprint density at radius 1 is 1.36 bits per heavy atom. The molecule has 0 atom stereocenters. The minimum atomic E-state index is 0.327. The summed E-state index contributed by atoms with van der Waals surface area (Å²) in [5, 5.41) is 0. The third-order valence-electron chi connectivity index (χ3n) is 2.25. The smallest absolute Gasteiger partial charge is 0.146 e. The SMILES string of the molecule is CCc1nc(C(C)C)nc(NN)c1C. The highest BCUT2D eigenvalue weighted by Gasteiger charge is 2.10. The van der Waals surface area contributed by atoms with E-state index in [1.807, 2.05) is 6.92 Å². The van der Waals surface area contributed by atoms with Crippen LogP contribution >= 0.6 is 0 Å². The molecule has 4 heteroatoms. The van der Waals surface area contributed by atoms with E-state index in [4.69, 9.17) is 5.84 Å². The molecule has 0 amide bonds. The van der Waals surface area contributed by atoms with Gasteiger partial charge in [-0.1, -0.05) is 20.8 Å². The summed E-state index contributed by atoms with van der Waals surface area (Å²) in [6.45, 7) is 8.21. The Morgan fingerprint density at radius 3 is 2.43 bits per heavy atom. The summed E-state index contributed by atoms with van der Waals surface area (Å²) < 4.78 is 0. The second kappa shape index (κ2) is 4.37. The maximum Gasteiger partial charge on any atom is 0.146 e. The van der Waals surface area contributed by atoms with E-state index < -0.39 is 0 Å². The van der Waals surface area contributed by atoms with Gasteiger partial charge in [0.25, 0.3) is 0 Å². The van der Waals surface area contributed by atoms with E-state index >= 15 is 0 Å². The van der Waals surface area contributed by atoms with E-state index in [1.54, 1.807) is 0 Å². The molecule has 0 saturated heterocycles. The first kappa shape index (κ1) is 10.9. The maximum absolute atomic E-state index is 5.40. The minimum Gasteiger partial charge on any atom is -0.308 e. The van der Waals surface area contributed by atoms with Crippen LogP contribution in [0.1, 0.15) is 43.8 Å². The number of nitrogens with zero attached hydrogens (tertiary/aromatic N) is 2. The van der Waals surface area contributed by atoms with E-state index in [2.05, 4.69) is 36.2 Å². The highest BCUT2D eigenvalue weighted by atomic mass is 15.3. The third-order valence-corrected chi connectivity index (χ3v) is 2.25. The average Bonchev–Trinajstić information content (AvgIpc) is 2.17. The van der Waals surface area contributed by atoms with Gasteiger partial charge in [-0.2, -0.15) is 0 Å². The molecule has 1 aromatic rings. The van der Waals surface area contributed by atoms with Crippen molar-refractivity contribution in [3.05, 3.63) is 17.1 Å². The van der Waals surface area contributed by atoms with Crippen molar-refractivity contribution in [3.8, 4) is 0 Å². The fraction of sp³-hybridized carbons (Fsp3) is 0.600. The average molecular weight is 194 g/mol. The lowest BCUT2D eigenvalue weighted by molar-refractivity contribution is 0.755. The van der Waals surface area contributed by atoms with Crippen LogP contribution < -0.4 is 11.3 Å². The summed E-state index contributed by atoms with van der Waals surface area (Å²) in [5.41, 5.74) is 4.72. The normalized spacial score (nSPS) is 10.7. The molecule has 0 bridgehead atoms. The van der Waals surface area contributed by atoms with Crippen LogP contribution in [0.15, 0.2) is 0 Å². The molecule has 4 nitrogen and oxygen atoms in total. The molecular formula is C10H18N4. The number of rotatable bonds is 3. The number of aryl methyl sites for hydroxylation is 1. The fourth-order valence-electron chi connectivity index (χ4n) is 1.33. The third kappa shape index (κ3) is 2.01. The van der Waals surface area contributed by atoms with Gasteiger partial charge in [-0.05, 0) is 13.3 Å². The highest BCUT2D eigenvalue weighted by Crippen LogP contribution is 2.18. The van der Waals surface area contributed by atoms with Crippen molar-refractivity contribution in [2.24, 2.45) is 5.84 Å². The van der Waals surface area contributed by atoms with Gasteiger partial charge < -0.3 is 5.43 Å². The molecule has 0 spiro atoms. The van der Waals surface area contributed by atoms with Crippen molar-refractivity contribution < 1.29 is 0 Å². The number of anilines is 1. The van der Waals surface area contributed by atoms with Gasteiger partial charge in [-0.3, -0.25) is 0 Å². The summed E-state index contributed by atoms with van der Waals surface area (Å²) >= 11 is 0. The number of nitrogens with two attached hydrogens (primary N) is 1. The van der Waals surface area contributed by atoms with Crippen LogP contribution in [0.25, 0.3) is 0 Å². The van der Waals surface area contributed by atoms with Crippen molar-refractivity contribution in [1.29, 1.82) is 0 Å². The molecule has 1 aromatic heterocycles. The molecule has 0 unspecified atom stereocenters. The standard InChI is InChI=1S/C10H18N4/c1-5-8-7(4)10(14-11)13-9(12-8)6(2)3/h6H,5,11H2,1-4H3,(H,12,13,14). The largest absolute Gasteiger partial charge is 0.308 e. The molecule has 1 heterocycles. The second-order valence-electron chi connectivity index (χ2n) is 3.65.